The van der Waals surface area contributed by atoms with Crippen LogP contribution in [0.1, 0.15) is 72.4 Å². The Hall–Kier alpha value is -1.50. The molecule has 2 aromatic rings. The third-order valence-electron chi connectivity index (χ3n) is 7.75. The minimum Gasteiger partial charge on any atom is -0.391 e. The van der Waals surface area contributed by atoms with E-state index in [2.05, 4.69) is 10.00 Å². The SMILES string of the molecule is C[C@H]1C[C@@]2(CCN1Cc1cnn(CC(O)CC3(O)CCC3)c1)OC[C@@H](O)c1cc(C(F)(F)F)sc12. The number of ether oxygens (including phenoxy) is 1. The number of fused-ring (bicyclic) bond motifs is 2. The van der Waals surface area contributed by atoms with E-state index in [0.717, 1.165) is 30.9 Å². The maximum absolute atomic E-state index is 13.4. The molecule has 3 N–H and O–H groups in total. The van der Waals surface area contributed by atoms with Gasteiger partial charge in [-0.1, -0.05) is 0 Å². The van der Waals surface area contributed by atoms with Gasteiger partial charge < -0.3 is 20.1 Å². The van der Waals surface area contributed by atoms with Gasteiger partial charge in [0.2, 0.25) is 0 Å². The van der Waals surface area contributed by atoms with E-state index >= 15 is 0 Å². The summed E-state index contributed by atoms with van der Waals surface area (Å²) in [7, 11) is 0. The first kappa shape index (κ1) is 25.2. The third kappa shape index (κ3) is 5.03. The van der Waals surface area contributed by atoms with Gasteiger partial charge in [0.1, 0.15) is 16.6 Å². The van der Waals surface area contributed by atoms with Gasteiger partial charge in [0, 0.05) is 47.8 Å². The summed E-state index contributed by atoms with van der Waals surface area (Å²) in [5.41, 5.74) is -0.219. The molecule has 1 saturated heterocycles. The molecule has 35 heavy (non-hydrogen) atoms. The molecule has 1 aliphatic carbocycles. The number of aliphatic hydroxyl groups excluding tert-OH is 2. The summed E-state index contributed by atoms with van der Waals surface area (Å²) in [4.78, 5) is 2.07. The molecule has 0 amide bonds. The number of halogens is 3. The van der Waals surface area contributed by atoms with Crippen LogP contribution in [0, 0.1) is 0 Å². The first-order valence-corrected chi connectivity index (χ1v) is 13.0. The van der Waals surface area contributed by atoms with Crippen molar-refractivity contribution in [2.45, 2.75) is 94.2 Å². The largest absolute Gasteiger partial charge is 0.425 e. The number of likely N-dealkylation sites (tertiary alicyclic amines) is 1. The molecule has 1 saturated carbocycles. The van der Waals surface area contributed by atoms with Gasteiger partial charge in [-0.3, -0.25) is 9.58 Å². The quantitative estimate of drug-likeness (QED) is 0.545. The van der Waals surface area contributed by atoms with E-state index in [1.54, 1.807) is 10.9 Å². The summed E-state index contributed by atoms with van der Waals surface area (Å²) in [6, 6.07) is 1.13. The van der Waals surface area contributed by atoms with E-state index in [9.17, 15) is 28.5 Å². The topological polar surface area (TPSA) is 91.0 Å². The Morgan fingerprint density at radius 1 is 1.31 bits per heavy atom. The zero-order chi connectivity index (χ0) is 25.0. The molecule has 194 valence electrons. The second kappa shape index (κ2) is 9.11. The van der Waals surface area contributed by atoms with E-state index in [1.807, 2.05) is 13.1 Å². The molecular formula is C24H32F3N3O4S. The predicted octanol–water partition coefficient (Wildman–Crippen LogP) is 3.57. The summed E-state index contributed by atoms with van der Waals surface area (Å²) in [6.07, 6.45) is 1.40. The van der Waals surface area contributed by atoms with E-state index in [4.69, 9.17) is 4.74 Å². The highest BCUT2D eigenvalue weighted by atomic mass is 32.1. The summed E-state index contributed by atoms with van der Waals surface area (Å²) >= 11 is 0.694. The fourth-order valence-corrected chi connectivity index (χ4v) is 6.96. The molecule has 0 aromatic carbocycles. The lowest BCUT2D eigenvalue weighted by atomic mass is 9.76. The van der Waals surface area contributed by atoms with Gasteiger partial charge >= 0.3 is 6.18 Å². The fraction of sp³-hybridized carbons (Fsp3) is 0.708. The van der Waals surface area contributed by atoms with Gasteiger partial charge in [-0.25, -0.2) is 0 Å². The molecule has 4 atom stereocenters. The van der Waals surface area contributed by atoms with E-state index in [1.165, 1.54) is 0 Å². The minimum absolute atomic E-state index is 0.00201. The lowest BCUT2D eigenvalue weighted by Crippen LogP contribution is -2.50. The lowest BCUT2D eigenvalue weighted by Gasteiger charge is -2.47. The zero-order valence-electron chi connectivity index (χ0n) is 19.7. The van der Waals surface area contributed by atoms with E-state index < -0.39 is 34.5 Å². The number of alkyl halides is 3. The molecule has 3 aliphatic rings. The predicted molar refractivity (Wildman–Crippen MR) is 123 cm³/mol. The maximum Gasteiger partial charge on any atom is 0.425 e. The van der Waals surface area contributed by atoms with Crippen LogP contribution in [0.4, 0.5) is 13.2 Å². The first-order valence-electron chi connectivity index (χ1n) is 12.2. The summed E-state index contributed by atoms with van der Waals surface area (Å²) in [5, 5.41) is 35.2. The molecule has 7 nitrogen and oxygen atoms in total. The molecule has 0 bridgehead atoms. The average Bonchev–Trinajstić information content (AvgIpc) is 3.40. The number of rotatable bonds is 6. The highest BCUT2D eigenvalue weighted by molar-refractivity contribution is 7.12. The number of piperidine rings is 1. The Balaban J connectivity index is 1.23. The lowest BCUT2D eigenvalue weighted by molar-refractivity contribution is -0.139. The summed E-state index contributed by atoms with van der Waals surface area (Å²) < 4.78 is 47.8. The Bertz CT molecular complexity index is 1050. The molecule has 2 aromatic heterocycles. The Labute approximate surface area is 206 Å². The number of nitrogens with zero attached hydrogens (tertiary/aromatic N) is 3. The highest BCUT2D eigenvalue weighted by Gasteiger charge is 2.48. The van der Waals surface area contributed by atoms with E-state index in [0.29, 0.717) is 60.7 Å². The minimum atomic E-state index is -4.45. The first-order chi connectivity index (χ1) is 16.5. The van der Waals surface area contributed by atoms with Gasteiger partial charge in [-0.05, 0) is 45.1 Å². The van der Waals surface area contributed by atoms with Gasteiger partial charge in [0.05, 0.1) is 31.1 Å². The Morgan fingerprint density at radius 2 is 2.09 bits per heavy atom. The van der Waals surface area contributed by atoms with Crippen LogP contribution in [-0.4, -0.2) is 60.9 Å². The summed E-state index contributed by atoms with van der Waals surface area (Å²) in [5.74, 6) is 0. The molecular weight excluding hydrogens is 483 g/mol. The van der Waals surface area contributed by atoms with Crippen LogP contribution in [0.5, 0.6) is 0 Å². The van der Waals surface area contributed by atoms with Crippen molar-refractivity contribution in [2.75, 3.05) is 13.2 Å². The molecule has 5 rings (SSSR count). The van der Waals surface area contributed by atoms with Crippen molar-refractivity contribution in [3.63, 3.8) is 0 Å². The smallest absolute Gasteiger partial charge is 0.391 e. The van der Waals surface area contributed by atoms with Crippen LogP contribution >= 0.6 is 11.3 Å². The molecule has 2 fully saturated rings. The van der Waals surface area contributed by atoms with Crippen molar-refractivity contribution in [1.29, 1.82) is 0 Å². The van der Waals surface area contributed by atoms with Crippen molar-refractivity contribution >= 4 is 11.3 Å². The molecule has 1 spiro atoms. The number of hydrogen-bond donors (Lipinski definition) is 3. The van der Waals surface area contributed by atoms with Crippen LogP contribution in [0.25, 0.3) is 0 Å². The second-order valence-corrected chi connectivity index (χ2v) is 11.5. The second-order valence-electron chi connectivity index (χ2n) is 10.5. The molecule has 2 aliphatic heterocycles. The molecule has 4 heterocycles. The normalized spacial score (nSPS) is 29.7. The monoisotopic (exact) mass is 515 g/mol. The van der Waals surface area contributed by atoms with Crippen molar-refractivity contribution in [2.24, 2.45) is 0 Å². The van der Waals surface area contributed by atoms with E-state index in [-0.39, 0.29) is 12.6 Å². The van der Waals surface area contributed by atoms with Gasteiger partial charge in [0.15, 0.2) is 0 Å². The van der Waals surface area contributed by atoms with Crippen LogP contribution in [0.2, 0.25) is 0 Å². The van der Waals surface area contributed by atoms with Crippen molar-refractivity contribution < 1.29 is 33.2 Å². The highest BCUT2D eigenvalue weighted by Crippen LogP contribution is 2.51. The summed E-state index contributed by atoms with van der Waals surface area (Å²) in [6.45, 7) is 3.63. The van der Waals surface area contributed by atoms with Crippen molar-refractivity contribution in [1.82, 2.24) is 14.7 Å². The molecule has 11 heteroatoms. The van der Waals surface area contributed by atoms with Crippen LogP contribution in [0.3, 0.4) is 0 Å². The number of aromatic nitrogens is 2. The van der Waals surface area contributed by atoms with Gasteiger partial charge in [-0.15, -0.1) is 11.3 Å². The Morgan fingerprint density at radius 3 is 2.74 bits per heavy atom. The van der Waals surface area contributed by atoms with Gasteiger partial charge in [-0.2, -0.15) is 18.3 Å². The van der Waals surface area contributed by atoms with Crippen molar-refractivity contribution in [3.05, 3.63) is 39.3 Å². The van der Waals surface area contributed by atoms with Crippen LogP contribution in [0.15, 0.2) is 18.5 Å². The standard InChI is InChI=1S/C24H32F3N3O4S/c1-15-8-23(21-18(19(32)14-34-23)7-20(35-21)24(25,26)27)5-6-29(15)11-16-10-28-30(12-16)13-17(31)9-22(33)3-2-4-22/h7,10,12,15,17,19,31-33H,2-6,8-9,11,13-14H2,1H3/t15-,17?,19+,23+/m0/s1. The maximum atomic E-state index is 13.4. The number of thiophene rings is 1. The van der Waals surface area contributed by atoms with Gasteiger partial charge in [0.25, 0.3) is 0 Å². The fourth-order valence-electron chi connectivity index (χ4n) is 5.70. The zero-order valence-corrected chi connectivity index (χ0v) is 20.5. The van der Waals surface area contributed by atoms with Crippen molar-refractivity contribution in [3.8, 4) is 0 Å². The van der Waals surface area contributed by atoms with Crippen LogP contribution < -0.4 is 0 Å². The number of aliphatic hydroxyl groups is 3. The Kier molecular flexibility index (Phi) is 6.55. The third-order valence-corrected chi connectivity index (χ3v) is 9.13. The molecule has 0 radical (unpaired) electrons. The number of hydrogen-bond acceptors (Lipinski definition) is 7. The average molecular weight is 516 g/mol. The molecule has 1 unspecified atom stereocenters. The van der Waals surface area contributed by atoms with Crippen LogP contribution in [-0.2, 0) is 29.6 Å².